The van der Waals surface area contributed by atoms with Crippen LogP contribution in [0.4, 0.5) is 5.95 Å². The molecule has 21 heavy (non-hydrogen) atoms. The van der Waals surface area contributed by atoms with Gasteiger partial charge in [0.15, 0.2) is 0 Å². The summed E-state index contributed by atoms with van der Waals surface area (Å²) in [5, 5.41) is 3.42. The molecule has 0 radical (unpaired) electrons. The van der Waals surface area contributed by atoms with Gasteiger partial charge in [0.25, 0.3) is 0 Å². The first-order chi connectivity index (χ1) is 9.97. The summed E-state index contributed by atoms with van der Waals surface area (Å²) < 4.78 is 0. The second-order valence-corrected chi connectivity index (χ2v) is 6.43. The third-order valence-corrected chi connectivity index (χ3v) is 4.10. The van der Waals surface area contributed by atoms with Crippen molar-refractivity contribution in [2.24, 2.45) is 0 Å². The zero-order chi connectivity index (χ0) is 15.4. The van der Waals surface area contributed by atoms with Gasteiger partial charge in [-0.05, 0) is 20.8 Å². The van der Waals surface area contributed by atoms with Gasteiger partial charge in [0, 0.05) is 62.3 Å². The number of rotatable bonds is 5. The quantitative estimate of drug-likeness (QED) is 0.896. The molecule has 0 spiro atoms. The highest BCUT2D eigenvalue weighted by molar-refractivity contribution is 5.33. The Bertz CT molecular complexity index is 450. The minimum atomic E-state index is 0.480. The van der Waals surface area contributed by atoms with E-state index in [1.54, 1.807) is 0 Å². The van der Waals surface area contributed by atoms with Crippen LogP contribution in [-0.2, 0) is 6.54 Å². The first-order valence-electron chi connectivity index (χ1n) is 8.02. The van der Waals surface area contributed by atoms with Crippen LogP contribution < -0.4 is 10.2 Å². The molecule has 2 rings (SSSR count). The molecule has 0 unspecified atom stereocenters. The number of nitrogens with one attached hydrogen (secondary N) is 1. The molecule has 1 aliphatic rings. The molecule has 1 fully saturated rings. The van der Waals surface area contributed by atoms with Crippen LogP contribution in [0.25, 0.3) is 0 Å². The lowest BCUT2D eigenvalue weighted by molar-refractivity contribution is 0.208. The van der Waals surface area contributed by atoms with Gasteiger partial charge in [-0.3, -0.25) is 4.90 Å². The number of anilines is 1. The van der Waals surface area contributed by atoms with Crippen LogP contribution in [0.3, 0.4) is 0 Å². The van der Waals surface area contributed by atoms with Gasteiger partial charge >= 0.3 is 0 Å². The molecule has 0 aromatic carbocycles. The van der Waals surface area contributed by atoms with Crippen LogP contribution >= 0.6 is 0 Å². The number of nitrogens with zero attached hydrogens (tertiary/aromatic N) is 4. The summed E-state index contributed by atoms with van der Waals surface area (Å²) in [6, 6.07) is 1.10. The van der Waals surface area contributed by atoms with Gasteiger partial charge < -0.3 is 10.2 Å². The van der Waals surface area contributed by atoms with Gasteiger partial charge in [-0.25, -0.2) is 9.97 Å². The van der Waals surface area contributed by atoms with E-state index in [1.165, 1.54) is 5.56 Å². The van der Waals surface area contributed by atoms with E-state index in [9.17, 15) is 0 Å². The van der Waals surface area contributed by atoms with Crippen LogP contribution in [0, 0.1) is 6.92 Å². The lowest BCUT2D eigenvalue weighted by Gasteiger charge is -2.37. The molecule has 0 amide bonds. The number of hydrogen-bond acceptors (Lipinski definition) is 5. The Morgan fingerprint density at radius 3 is 2.33 bits per heavy atom. The summed E-state index contributed by atoms with van der Waals surface area (Å²) in [7, 11) is 0. The van der Waals surface area contributed by atoms with Crippen molar-refractivity contribution in [3.63, 3.8) is 0 Å². The zero-order valence-electron chi connectivity index (χ0n) is 14.1. The Kier molecular flexibility index (Phi) is 5.53. The Morgan fingerprint density at radius 1 is 1.14 bits per heavy atom. The van der Waals surface area contributed by atoms with Crippen molar-refractivity contribution in [2.75, 3.05) is 31.1 Å². The summed E-state index contributed by atoms with van der Waals surface area (Å²) in [6.07, 6.45) is 1.97. The van der Waals surface area contributed by atoms with E-state index < -0.39 is 0 Å². The third kappa shape index (κ3) is 4.38. The van der Waals surface area contributed by atoms with Crippen molar-refractivity contribution in [2.45, 2.75) is 53.2 Å². The minimum Gasteiger partial charge on any atom is -0.338 e. The molecule has 1 saturated heterocycles. The maximum Gasteiger partial charge on any atom is 0.225 e. The number of hydrogen-bond donors (Lipinski definition) is 1. The molecule has 1 N–H and O–H groups in total. The van der Waals surface area contributed by atoms with E-state index >= 15 is 0 Å². The van der Waals surface area contributed by atoms with E-state index in [1.807, 2.05) is 6.20 Å². The van der Waals surface area contributed by atoms with Crippen LogP contribution in [0.5, 0.6) is 0 Å². The molecule has 5 heteroatoms. The van der Waals surface area contributed by atoms with Crippen LogP contribution in [-0.4, -0.2) is 53.1 Å². The van der Waals surface area contributed by atoms with E-state index in [2.05, 4.69) is 54.7 Å². The van der Waals surface area contributed by atoms with Crippen molar-refractivity contribution in [1.29, 1.82) is 0 Å². The summed E-state index contributed by atoms with van der Waals surface area (Å²) in [4.78, 5) is 14.1. The monoisotopic (exact) mass is 291 g/mol. The van der Waals surface area contributed by atoms with Gasteiger partial charge in [-0.2, -0.15) is 0 Å². The lowest BCUT2D eigenvalue weighted by atomic mass is 10.2. The second kappa shape index (κ2) is 7.18. The highest BCUT2D eigenvalue weighted by Crippen LogP contribution is 2.14. The maximum absolute atomic E-state index is 4.70. The van der Waals surface area contributed by atoms with Crippen LogP contribution in [0.15, 0.2) is 6.20 Å². The van der Waals surface area contributed by atoms with Crippen molar-refractivity contribution < 1.29 is 0 Å². The Hall–Kier alpha value is -1.20. The molecule has 0 saturated carbocycles. The number of aromatic nitrogens is 2. The summed E-state index contributed by atoms with van der Waals surface area (Å²) >= 11 is 0. The fraction of sp³-hybridized carbons (Fsp3) is 0.750. The summed E-state index contributed by atoms with van der Waals surface area (Å²) in [5.41, 5.74) is 2.27. The molecule has 0 atom stereocenters. The number of aryl methyl sites for hydroxylation is 1. The minimum absolute atomic E-state index is 0.480. The SMILES string of the molecule is Cc1nc(N2CCN(C(C)C)CC2)ncc1CNC(C)C. The van der Waals surface area contributed by atoms with E-state index in [4.69, 9.17) is 4.98 Å². The fourth-order valence-electron chi connectivity index (χ4n) is 2.56. The molecule has 0 aliphatic carbocycles. The van der Waals surface area contributed by atoms with E-state index in [-0.39, 0.29) is 0 Å². The van der Waals surface area contributed by atoms with Gasteiger partial charge in [-0.1, -0.05) is 13.8 Å². The average molecular weight is 291 g/mol. The summed E-state index contributed by atoms with van der Waals surface area (Å²) in [5.74, 6) is 0.879. The molecule has 0 bridgehead atoms. The Morgan fingerprint density at radius 2 is 1.81 bits per heavy atom. The molecule has 2 heterocycles. The first-order valence-corrected chi connectivity index (χ1v) is 8.02. The molecule has 1 aromatic heterocycles. The summed E-state index contributed by atoms with van der Waals surface area (Å²) in [6.45, 7) is 15.9. The van der Waals surface area contributed by atoms with Crippen LogP contribution in [0.2, 0.25) is 0 Å². The average Bonchev–Trinajstić information content (AvgIpc) is 2.46. The van der Waals surface area contributed by atoms with Gasteiger partial charge in [-0.15, -0.1) is 0 Å². The van der Waals surface area contributed by atoms with Crippen molar-refractivity contribution in [1.82, 2.24) is 20.2 Å². The first kappa shape index (κ1) is 16.2. The number of piperazine rings is 1. The molecule has 1 aromatic rings. The zero-order valence-corrected chi connectivity index (χ0v) is 14.1. The van der Waals surface area contributed by atoms with E-state index in [0.717, 1.165) is 44.4 Å². The predicted molar refractivity (Wildman–Crippen MR) is 87.7 cm³/mol. The lowest BCUT2D eigenvalue weighted by Crippen LogP contribution is -2.49. The fourth-order valence-corrected chi connectivity index (χ4v) is 2.56. The molecule has 5 nitrogen and oxygen atoms in total. The highest BCUT2D eigenvalue weighted by Gasteiger charge is 2.20. The maximum atomic E-state index is 4.70. The molecule has 1 aliphatic heterocycles. The van der Waals surface area contributed by atoms with E-state index in [0.29, 0.717) is 12.1 Å². The predicted octanol–water partition coefficient (Wildman–Crippen LogP) is 1.81. The van der Waals surface area contributed by atoms with Crippen molar-refractivity contribution in [3.05, 3.63) is 17.5 Å². The van der Waals surface area contributed by atoms with Gasteiger partial charge in [0.1, 0.15) is 0 Å². The molecular weight excluding hydrogens is 262 g/mol. The molecule has 118 valence electrons. The highest BCUT2D eigenvalue weighted by atomic mass is 15.3. The Labute approximate surface area is 128 Å². The van der Waals surface area contributed by atoms with Crippen molar-refractivity contribution >= 4 is 5.95 Å². The smallest absolute Gasteiger partial charge is 0.225 e. The van der Waals surface area contributed by atoms with Crippen LogP contribution in [0.1, 0.15) is 39.0 Å². The largest absolute Gasteiger partial charge is 0.338 e. The third-order valence-electron chi connectivity index (χ3n) is 4.10. The standard InChI is InChI=1S/C16H29N5/c1-12(2)17-10-15-11-18-16(19-14(15)5)21-8-6-20(7-9-21)13(3)4/h11-13,17H,6-10H2,1-5H3. The van der Waals surface area contributed by atoms with Gasteiger partial charge in [0.2, 0.25) is 5.95 Å². The van der Waals surface area contributed by atoms with Crippen molar-refractivity contribution in [3.8, 4) is 0 Å². The topological polar surface area (TPSA) is 44.3 Å². The normalized spacial score (nSPS) is 17.0. The second-order valence-electron chi connectivity index (χ2n) is 6.43. The van der Waals surface area contributed by atoms with Gasteiger partial charge in [0.05, 0.1) is 0 Å². The Balaban J connectivity index is 1.97. The molecular formula is C16H29N5.